The maximum absolute atomic E-state index is 12.6. The van der Waals surface area contributed by atoms with Crippen LogP contribution in [0.3, 0.4) is 0 Å². The molecule has 162 valence electrons. The molecule has 1 fully saturated rings. The standard InChI is InChI=1S/C25H34ClN3O/c1-20(2)19-27-14-6-9-24(30)28-15-17-29(18-16-28)25(21-7-4-3-5-8-21)22-10-12-23(26)13-11-22/h3-5,7-8,10-13,20,25,27H,6,9,14-19H2,1-2H3. The van der Waals surface area contributed by atoms with Crippen molar-refractivity contribution < 1.29 is 4.79 Å². The van der Waals surface area contributed by atoms with Gasteiger partial charge in [0.2, 0.25) is 5.91 Å². The second kappa shape index (κ2) is 11.5. The average Bonchev–Trinajstić information content (AvgIpc) is 2.76. The number of benzene rings is 2. The number of nitrogens with zero attached hydrogens (tertiary/aromatic N) is 2. The highest BCUT2D eigenvalue weighted by molar-refractivity contribution is 6.30. The van der Waals surface area contributed by atoms with Gasteiger partial charge in [-0.05, 0) is 48.7 Å². The summed E-state index contributed by atoms with van der Waals surface area (Å²) >= 11 is 6.12. The van der Waals surface area contributed by atoms with Gasteiger partial charge in [-0.3, -0.25) is 9.69 Å². The van der Waals surface area contributed by atoms with Crippen molar-refractivity contribution in [3.05, 3.63) is 70.7 Å². The maximum atomic E-state index is 12.6. The molecule has 1 heterocycles. The lowest BCUT2D eigenvalue weighted by Crippen LogP contribution is -2.49. The highest BCUT2D eigenvalue weighted by Gasteiger charge is 2.27. The van der Waals surface area contributed by atoms with Crippen LogP contribution in [0.2, 0.25) is 5.02 Å². The Bertz CT molecular complexity index is 771. The molecule has 2 aromatic carbocycles. The Morgan fingerprint density at radius 1 is 0.967 bits per heavy atom. The minimum Gasteiger partial charge on any atom is -0.340 e. The van der Waals surface area contributed by atoms with Crippen LogP contribution in [-0.2, 0) is 4.79 Å². The number of piperazine rings is 1. The SMILES string of the molecule is CC(C)CNCCCC(=O)N1CCN(C(c2ccccc2)c2ccc(Cl)cc2)CC1. The molecule has 0 aliphatic carbocycles. The summed E-state index contributed by atoms with van der Waals surface area (Å²) in [4.78, 5) is 17.1. The van der Waals surface area contributed by atoms with E-state index < -0.39 is 0 Å². The molecule has 0 spiro atoms. The minimum absolute atomic E-state index is 0.181. The molecule has 1 saturated heterocycles. The van der Waals surface area contributed by atoms with E-state index in [2.05, 4.69) is 66.5 Å². The van der Waals surface area contributed by atoms with Crippen molar-refractivity contribution >= 4 is 17.5 Å². The molecule has 2 aromatic rings. The molecule has 0 bridgehead atoms. The fourth-order valence-corrected chi connectivity index (χ4v) is 4.16. The molecule has 5 heteroatoms. The summed E-state index contributed by atoms with van der Waals surface area (Å²) in [5.74, 6) is 0.927. The lowest BCUT2D eigenvalue weighted by Gasteiger charge is -2.40. The van der Waals surface area contributed by atoms with Gasteiger partial charge in [0.25, 0.3) is 0 Å². The Balaban J connectivity index is 1.57. The molecule has 1 amide bonds. The van der Waals surface area contributed by atoms with E-state index in [-0.39, 0.29) is 11.9 Å². The summed E-state index contributed by atoms with van der Waals surface area (Å²) in [5, 5.41) is 4.17. The first-order valence-corrected chi connectivity index (χ1v) is 11.5. The van der Waals surface area contributed by atoms with E-state index in [0.29, 0.717) is 12.3 Å². The largest absolute Gasteiger partial charge is 0.340 e. The van der Waals surface area contributed by atoms with Crippen LogP contribution in [0.1, 0.15) is 43.9 Å². The van der Waals surface area contributed by atoms with E-state index in [0.717, 1.165) is 50.7 Å². The lowest BCUT2D eigenvalue weighted by molar-refractivity contribution is -0.133. The molecule has 1 aliphatic heterocycles. The summed E-state index contributed by atoms with van der Waals surface area (Å²) < 4.78 is 0. The van der Waals surface area contributed by atoms with Crippen LogP contribution in [0, 0.1) is 5.92 Å². The van der Waals surface area contributed by atoms with Crippen LogP contribution >= 0.6 is 11.6 Å². The van der Waals surface area contributed by atoms with E-state index in [1.165, 1.54) is 11.1 Å². The van der Waals surface area contributed by atoms with E-state index in [4.69, 9.17) is 11.6 Å². The van der Waals surface area contributed by atoms with Crippen LogP contribution in [0.25, 0.3) is 0 Å². The predicted molar refractivity (Wildman–Crippen MR) is 125 cm³/mol. The first kappa shape index (κ1) is 22.8. The molecule has 30 heavy (non-hydrogen) atoms. The quantitative estimate of drug-likeness (QED) is 0.594. The molecule has 0 radical (unpaired) electrons. The Kier molecular flexibility index (Phi) is 8.74. The Morgan fingerprint density at radius 3 is 2.23 bits per heavy atom. The molecular formula is C25H34ClN3O. The van der Waals surface area contributed by atoms with Crippen molar-refractivity contribution in [2.24, 2.45) is 5.92 Å². The Hall–Kier alpha value is -1.88. The molecule has 3 rings (SSSR count). The maximum Gasteiger partial charge on any atom is 0.222 e. The fourth-order valence-electron chi connectivity index (χ4n) is 4.04. The van der Waals surface area contributed by atoms with Crippen molar-refractivity contribution in [3.63, 3.8) is 0 Å². The summed E-state index contributed by atoms with van der Waals surface area (Å²) in [6.07, 6.45) is 1.54. The second-order valence-corrected chi connectivity index (χ2v) is 8.92. The summed E-state index contributed by atoms with van der Waals surface area (Å²) in [6, 6.07) is 18.9. The zero-order valence-corrected chi connectivity index (χ0v) is 18.9. The van der Waals surface area contributed by atoms with Gasteiger partial charge in [-0.15, -0.1) is 0 Å². The zero-order valence-electron chi connectivity index (χ0n) is 18.2. The molecule has 1 unspecified atom stereocenters. The summed E-state index contributed by atoms with van der Waals surface area (Å²) in [7, 11) is 0. The van der Waals surface area contributed by atoms with Gasteiger partial charge in [0, 0.05) is 37.6 Å². The van der Waals surface area contributed by atoms with E-state index in [1.54, 1.807) is 0 Å². The van der Waals surface area contributed by atoms with Gasteiger partial charge in [-0.1, -0.05) is 67.9 Å². The Labute approximate surface area is 186 Å². The van der Waals surface area contributed by atoms with E-state index in [1.807, 2.05) is 17.0 Å². The highest BCUT2D eigenvalue weighted by Crippen LogP contribution is 2.30. The van der Waals surface area contributed by atoms with Crippen LogP contribution in [0.5, 0.6) is 0 Å². The Morgan fingerprint density at radius 2 is 1.60 bits per heavy atom. The van der Waals surface area contributed by atoms with Crippen LogP contribution in [0.15, 0.2) is 54.6 Å². The predicted octanol–water partition coefficient (Wildman–Crippen LogP) is 4.60. The van der Waals surface area contributed by atoms with Crippen molar-refractivity contribution in [1.82, 2.24) is 15.1 Å². The molecule has 0 aromatic heterocycles. The van der Waals surface area contributed by atoms with Gasteiger partial charge in [0.05, 0.1) is 6.04 Å². The normalized spacial score (nSPS) is 16.1. The minimum atomic E-state index is 0.181. The fraction of sp³-hybridized carbons (Fsp3) is 0.480. The van der Waals surface area contributed by atoms with E-state index in [9.17, 15) is 4.79 Å². The van der Waals surface area contributed by atoms with Crippen molar-refractivity contribution in [3.8, 4) is 0 Å². The first-order chi connectivity index (χ1) is 14.5. The number of halogens is 1. The molecular weight excluding hydrogens is 394 g/mol. The number of carbonyl (C=O) groups is 1. The van der Waals surface area contributed by atoms with Crippen LogP contribution < -0.4 is 5.32 Å². The number of hydrogen-bond acceptors (Lipinski definition) is 3. The van der Waals surface area contributed by atoms with Gasteiger partial charge in [-0.25, -0.2) is 0 Å². The monoisotopic (exact) mass is 427 g/mol. The molecule has 1 atom stereocenters. The topological polar surface area (TPSA) is 35.6 Å². The average molecular weight is 428 g/mol. The molecule has 0 saturated carbocycles. The third-order valence-electron chi connectivity index (χ3n) is 5.63. The van der Waals surface area contributed by atoms with Crippen LogP contribution in [0.4, 0.5) is 0 Å². The highest BCUT2D eigenvalue weighted by atomic mass is 35.5. The first-order valence-electron chi connectivity index (χ1n) is 11.1. The number of carbonyl (C=O) groups excluding carboxylic acids is 1. The summed E-state index contributed by atoms with van der Waals surface area (Å²) in [6.45, 7) is 9.65. The lowest BCUT2D eigenvalue weighted by atomic mass is 9.96. The van der Waals surface area contributed by atoms with Gasteiger partial charge < -0.3 is 10.2 Å². The van der Waals surface area contributed by atoms with Gasteiger partial charge in [-0.2, -0.15) is 0 Å². The summed E-state index contributed by atoms with van der Waals surface area (Å²) in [5.41, 5.74) is 2.51. The van der Waals surface area contributed by atoms with Crippen LogP contribution in [-0.4, -0.2) is 55.0 Å². The van der Waals surface area contributed by atoms with E-state index >= 15 is 0 Å². The number of nitrogens with one attached hydrogen (secondary N) is 1. The number of amides is 1. The third-order valence-corrected chi connectivity index (χ3v) is 5.88. The number of rotatable bonds is 9. The van der Waals surface area contributed by atoms with Crippen molar-refractivity contribution in [2.75, 3.05) is 39.3 Å². The second-order valence-electron chi connectivity index (χ2n) is 8.48. The van der Waals surface area contributed by atoms with Crippen molar-refractivity contribution in [2.45, 2.75) is 32.7 Å². The van der Waals surface area contributed by atoms with Crippen molar-refractivity contribution in [1.29, 1.82) is 0 Å². The molecule has 1 N–H and O–H groups in total. The molecule has 4 nitrogen and oxygen atoms in total. The van der Waals surface area contributed by atoms with Gasteiger partial charge >= 0.3 is 0 Å². The third kappa shape index (κ3) is 6.56. The molecule has 1 aliphatic rings. The van der Waals surface area contributed by atoms with Gasteiger partial charge in [0.1, 0.15) is 0 Å². The smallest absolute Gasteiger partial charge is 0.222 e. The zero-order chi connectivity index (χ0) is 21.3. The van der Waals surface area contributed by atoms with Gasteiger partial charge in [0.15, 0.2) is 0 Å². The number of hydrogen-bond donors (Lipinski definition) is 1.